The summed E-state index contributed by atoms with van der Waals surface area (Å²) in [6.45, 7) is 1.62. The minimum Gasteiger partial charge on any atom is -0.309 e. The van der Waals surface area contributed by atoms with E-state index in [1.807, 2.05) is 5.32 Å². The van der Waals surface area contributed by atoms with E-state index in [4.69, 9.17) is 0 Å². The lowest BCUT2D eigenvalue weighted by Crippen LogP contribution is -2.46. The van der Waals surface area contributed by atoms with Gasteiger partial charge >= 0.3 is 12.1 Å². The predicted octanol–water partition coefficient (Wildman–Crippen LogP) is 2.43. The molecule has 0 aromatic rings. The minimum absolute atomic E-state index is 0. The van der Waals surface area contributed by atoms with E-state index in [1.165, 1.54) is 13.8 Å². The average molecular weight is 193 g/mol. The number of rotatable bonds is 3. The van der Waals surface area contributed by atoms with Crippen molar-refractivity contribution < 1.29 is 23.4 Å². The van der Waals surface area contributed by atoms with Crippen LogP contribution in [0.5, 0.6) is 0 Å². The standard InChI is InChI=1S/C6H10F5N.H2/c1-4(2)12-3-5(7,8)6(9,10)11;/h4,12H,3H2,1-2H3;1H. The van der Waals surface area contributed by atoms with Crippen LogP contribution in [-0.4, -0.2) is 24.7 Å². The Morgan fingerprint density at radius 1 is 1.17 bits per heavy atom. The minimum atomic E-state index is -5.46. The molecule has 0 heterocycles. The summed E-state index contributed by atoms with van der Waals surface area (Å²) < 4.78 is 58.7. The van der Waals surface area contributed by atoms with Crippen LogP contribution in [0, 0.1) is 0 Å². The van der Waals surface area contributed by atoms with E-state index in [0.29, 0.717) is 0 Å². The molecule has 0 atom stereocenters. The van der Waals surface area contributed by atoms with Gasteiger partial charge < -0.3 is 5.32 Å². The third-order valence-corrected chi connectivity index (χ3v) is 1.15. The maximum Gasteiger partial charge on any atom is 0.454 e. The van der Waals surface area contributed by atoms with Crippen LogP contribution in [0.1, 0.15) is 15.3 Å². The highest BCUT2D eigenvalue weighted by Crippen LogP contribution is 2.34. The maximum absolute atomic E-state index is 12.1. The monoisotopic (exact) mass is 193 g/mol. The van der Waals surface area contributed by atoms with Crippen molar-refractivity contribution in [3.63, 3.8) is 0 Å². The van der Waals surface area contributed by atoms with Crippen molar-refractivity contribution in [1.29, 1.82) is 0 Å². The number of hydrogen-bond donors (Lipinski definition) is 1. The lowest BCUT2D eigenvalue weighted by Gasteiger charge is -2.20. The van der Waals surface area contributed by atoms with Gasteiger partial charge in [0.25, 0.3) is 0 Å². The molecule has 0 fully saturated rings. The summed E-state index contributed by atoms with van der Waals surface area (Å²) in [6, 6.07) is -0.391. The Kier molecular flexibility index (Phi) is 3.44. The van der Waals surface area contributed by atoms with Gasteiger partial charge in [-0.1, -0.05) is 13.8 Å². The van der Waals surface area contributed by atoms with Crippen LogP contribution in [0.3, 0.4) is 0 Å². The van der Waals surface area contributed by atoms with Gasteiger partial charge in [0.15, 0.2) is 0 Å². The van der Waals surface area contributed by atoms with Crippen LogP contribution in [0.15, 0.2) is 0 Å². The summed E-state index contributed by atoms with van der Waals surface area (Å²) >= 11 is 0. The molecular formula is C6H12F5N. The van der Waals surface area contributed by atoms with Crippen LogP contribution in [0.25, 0.3) is 0 Å². The zero-order chi connectivity index (χ0) is 9.99. The third-order valence-electron chi connectivity index (χ3n) is 1.15. The van der Waals surface area contributed by atoms with E-state index in [2.05, 4.69) is 0 Å². The Balaban J connectivity index is 0. The van der Waals surface area contributed by atoms with Crippen molar-refractivity contribution in [2.24, 2.45) is 0 Å². The average Bonchev–Trinajstić information content (AvgIpc) is 1.81. The van der Waals surface area contributed by atoms with Crippen molar-refractivity contribution in [3.8, 4) is 0 Å². The zero-order valence-electron chi connectivity index (χ0n) is 6.67. The van der Waals surface area contributed by atoms with Crippen molar-refractivity contribution >= 4 is 0 Å². The second-order valence-corrected chi connectivity index (χ2v) is 2.74. The second-order valence-electron chi connectivity index (χ2n) is 2.74. The van der Waals surface area contributed by atoms with Crippen molar-refractivity contribution in [1.82, 2.24) is 5.32 Å². The molecule has 0 aromatic heterocycles. The van der Waals surface area contributed by atoms with Gasteiger partial charge in [-0.3, -0.25) is 0 Å². The highest BCUT2D eigenvalue weighted by molar-refractivity contribution is 4.78. The summed E-state index contributed by atoms with van der Waals surface area (Å²) in [6.07, 6.45) is -5.46. The fourth-order valence-corrected chi connectivity index (χ4v) is 0.433. The van der Waals surface area contributed by atoms with Gasteiger partial charge in [-0.15, -0.1) is 0 Å². The van der Waals surface area contributed by atoms with Gasteiger partial charge in [-0.05, 0) is 0 Å². The van der Waals surface area contributed by atoms with Crippen LogP contribution >= 0.6 is 0 Å². The van der Waals surface area contributed by atoms with Gasteiger partial charge in [0.05, 0.1) is 6.54 Å². The summed E-state index contributed by atoms with van der Waals surface area (Å²) in [7, 11) is 0. The Bertz CT molecular complexity index is 144. The fraction of sp³-hybridized carbons (Fsp3) is 1.00. The number of hydrogen-bond acceptors (Lipinski definition) is 1. The smallest absolute Gasteiger partial charge is 0.309 e. The first kappa shape index (κ1) is 11.6. The molecule has 0 aromatic carbocycles. The van der Waals surface area contributed by atoms with Gasteiger partial charge in [-0.2, -0.15) is 22.0 Å². The molecular weight excluding hydrogens is 181 g/mol. The second kappa shape index (κ2) is 3.55. The predicted molar refractivity (Wildman–Crippen MR) is 36.3 cm³/mol. The highest BCUT2D eigenvalue weighted by atomic mass is 19.4. The molecule has 0 spiro atoms. The molecule has 76 valence electrons. The van der Waals surface area contributed by atoms with Gasteiger partial charge in [0.2, 0.25) is 0 Å². The van der Waals surface area contributed by atoms with E-state index in [-0.39, 0.29) is 1.43 Å². The normalized spacial score (nSPS) is 14.0. The number of nitrogens with one attached hydrogen (secondary N) is 1. The Labute approximate surface area is 68.4 Å². The third kappa shape index (κ3) is 3.34. The van der Waals surface area contributed by atoms with E-state index < -0.39 is 24.7 Å². The van der Waals surface area contributed by atoms with E-state index in [1.54, 1.807) is 0 Å². The maximum atomic E-state index is 12.1. The van der Waals surface area contributed by atoms with Crippen molar-refractivity contribution in [3.05, 3.63) is 0 Å². The Morgan fingerprint density at radius 2 is 1.58 bits per heavy atom. The molecule has 0 bridgehead atoms. The molecule has 0 unspecified atom stereocenters. The molecule has 0 saturated carbocycles. The molecule has 6 heteroatoms. The summed E-state index contributed by atoms with van der Waals surface area (Å²) in [5.74, 6) is -4.64. The van der Waals surface area contributed by atoms with Crippen LogP contribution < -0.4 is 5.32 Å². The highest BCUT2D eigenvalue weighted by Gasteiger charge is 2.56. The van der Waals surface area contributed by atoms with Gasteiger partial charge in [-0.25, -0.2) is 0 Å². The molecule has 0 radical (unpaired) electrons. The Morgan fingerprint density at radius 3 is 1.83 bits per heavy atom. The van der Waals surface area contributed by atoms with Crippen LogP contribution in [0.4, 0.5) is 22.0 Å². The molecule has 0 rings (SSSR count). The molecule has 0 aliphatic rings. The lowest BCUT2D eigenvalue weighted by atomic mass is 10.3. The summed E-state index contributed by atoms with van der Waals surface area (Å²) in [5, 5.41) is 2.02. The van der Waals surface area contributed by atoms with Crippen molar-refractivity contribution in [2.45, 2.75) is 32.0 Å². The molecule has 0 saturated heterocycles. The van der Waals surface area contributed by atoms with Gasteiger partial charge in [0, 0.05) is 7.47 Å². The zero-order valence-corrected chi connectivity index (χ0v) is 6.67. The first-order valence-corrected chi connectivity index (χ1v) is 3.35. The fourth-order valence-electron chi connectivity index (χ4n) is 0.433. The van der Waals surface area contributed by atoms with E-state index >= 15 is 0 Å². The van der Waals surface area contributed by atoms with Crippen molar-refractivity contribution in [2.75, 3.05) is 6.54 Å². The molecule has 1 N–H and O–H groups in total. The first-order valence-electron chi connectivity index (χ1n) is 3.35. The molecule has 0 amide bonds. The van der Waals surface area contributed by atoms with E-state index in [9.17, 15) is 22.0 Å². The first-order chi connectivity index (χ1) is 5.17. The SMILES string of the molecule is CC(C)NCC(F)(F)C(F)(F)F.[HH]. The van der Waals surface area contributed by atoms with Crippen LogP contribution in [-0.2, 0) is 0 Å². The molecule has 0 aliphatic carbocycles. The largest absolute Gasteiger partial charge is 0.454 e. The lowest BCUT2D eigenvalue weighted by molar-refractivity contribution is -0.279. The van der Waals surface area contributed by atoms with Crippen LogP contribution in [0.2, 0.25) is 0 Å². The quantitative estimate of drug-likeness (QED) is 0.679. The molecule has 12 heavy (non-hydrogen) atoms. The summed E-state index contributed by atoms with van der Waals surface area (Å²) in [5.41, 5.74) is 0. The van der Waals surface area contributed by atoms with E-state index in [0.717, 1.165) is 0 Å². The number of alkyl halides is 5. The van der Waals surface area contributed by atoms with Gasteiger partial charge in [0.1, 0.15) is 0 Å². The number of halogens is 5. The Hall–Kier alpha value is -0.390. The molecule has 0 aliphatic heterocycles. The summed E-state index contributed by atoms with van der Waals surface area (Å²) in [4.78, 5) is 0. The topological polar surface area (TPSA) is 12.0 Å². The molecule has 1 nitrogen and oxygen atoms in total.